The zero-order valence-electron chi connectivity index (χ0n) is 18.6. The third-order valence-corrected chi connectivity index (χ3v) is 5.30. The predicted octanol–water partition coefficient (Wildman–Crippen LogP) is 6.64. The molecule has 3 heterocycles. The van der Waals surface area contributed by atoms with Crippen LogP contribution in [0.25, 0.3) is 33.6 Å². The second-order valence-corrected chi connectivity index (χ2v) is 7.42. The first-order valence-corrected chi connectivity index (χ1v) is 10.5. The van der Waals surface area contributed by atoms with Crippen LogP contribution in [0.1, 0.15) is 29.4 Å². The van der Waals surface area contributed by atoms with Gasteiger partial charge >= 0.3 is 0 Å². The molecule has 0 radical (unpaired) electrons. The van der Waals surface area contributed by atoms with E-state index < -0.39 is 0 Å². The molecule has 0 saturated carbocycles. The molecule has 0 amide bonds. The number of rotatable bonds is 7. The number of benzene rings is 1. The summed E-state index contributed by atoms with van der Waals surface area (Å²) in [7, 11) is 0. The number of aromatic amines is 2. The van der Waals surface area contributed by atoms with Crippen LogP contribution in [0.4, 0.5) is 4.39 Å². The Bertz CT molecular complexity index is 1410. The number of aliphatic imine (C=N–C) groups is 1. The minimum atomic E-state index is -0.270. The number of halogens is 1. The molecule has 164 valence electrons. The van der Waals surface area contributed by atoms with E-state index in [0.29, 0.717) is 0 Å². The molecule has 4 aromatic rings. The maximum absolute atomic E-state index is 13.5. The van der Waals surface area contributed by atoms with E-state index >= 15 is 0 Å². The average molecular weight is 438 g/mol. The number of aryl methyl sites for hydroxylation is 1. The van der Waals surface area contributed by atoms with E-state index in [2.05, 4.69) is 44.4 Å². The van der Waals surface area contributed by atoms with Crippen molar-refractivity contribution in [3.8, 4) is 11.4 Å². The van der Waals surface area contributed by atoms with E-state index in [1.165, 1.54) is 12.1 Å². The lowest BCUT2D eigenvalue weighted by Gasteiger charge is -2.07. The molecule has 2 N–H and O–H groups in total. The number of pyridine rings is 1. The van der Waals surface area contributed by atoms with Crippen molar-refractivity contribution in [1.82, 2.24) is 20.2 Å². The standard InChI is InChI=1S/C27H24FN5/c1-5-8-20(18-9-11-19(28)12-10-18)21-14-25(31-17(21)4)27-22-15-24(23(7-3)29-13-6-2)30-16-26(22)32-33-27/h5-16,31H,1-2H2,3-4H3,(H,32,33)/b20-8-,23-7-,29-13?. The number of nitrogens with zero attached hydrogens (tertiary/aromatic N) is 3. The van der Waals surface area contributed by atoms with Crippen LogP contribution in [0, 0.1) is 12.7 Å². The monoisotopic (exact) mass is 437 g/mol. The number of fused-ring (bicyclic) bond motifs is 1. The second kappa shape index (κ2) is 9.44. The van der Waals surface area contributed by atoms with E-state index in [-0.39, 0.29) is 5.82 Å². The van der Waals surface area contributed by atoms with Crippen molar-refractivity contribution in [2.45, 2.75) is 13.8 Å². The molecule has 0 aliphatic heterocycles. The lowest BCUT2D eigenvalue weighted by atomic mass is 9.97. The lowest BCUT2D eigenvalue weighted by molar-refractivity contribution is 0.627. The van der Waals surface area contributed by atoms with Crippen molar-refractivity contribution in [3.05, 3.63) is 108 Å². The quantitative estimate of drug-likeness (QED) is 0.251. The van der Waals surface area contributed by atoms with Gasteiger partial charge in [0, 0.05) is 22.9 Å². The summed E-state index contributed by atoms with van der Waals surface area (Å²) < 4.78 is 13.5. The Morgan fingerprint density at radius 3 is 2.61 bits per heavy atom. The van der Waals surface area contributed by atoms with Crippen molar-refractivity contribution < 1.29 is 4.39 Å². The van der Waals surface area contributed by atoms with E-state index in [9.17, 15) is 4.39 Å². The third kappa shape index (κ3) is 4.36. The summed E-state index contributed by atoms with van der Waals surface area (Å²) in [4.78, 5) is 12.4. The van der Waals surface area contributed by atoms with E-state index in [1.54, 1.807) is 36.7 Å². The fraction of sp³-hybridized carbons (Fsp3) is 0.0741. The van der Waals surface area contributed by atoms with Gasteiger partial charge in [-0.2, -0.15) is 5.10 Å². The van der Waals surface area contributed by atoms with Crippen molar-refractivity contribution >= 4 is 28.4 Å². The number of H-pyrrole nitrogens is 2. The zero-order valence-corrected chi connectivity index (χ0v) is 18.6. The van der Waals surface area contributed by atoms with Gasteiger partial charge in [-0.1, -0.05) is 49.6 Å². The third-order valence-electron chi connectivity index (χ3n) is 5.30. The van der Waals surface area contributed by atoms with Crippen LogP contribution in [-0.4, -0.2) is 26.4 Å². The molecule has 0 fully saturated rings. The van der Waals surface area contributed by atoms with Gasteiger partial charge in [0.1, 0.15) is 11.5 Å². The smallest absolute Gasteiger partial charge is 0.123 e. The maximum Gasteiger partial charge on any atom is 0.123 e. The number of hydrogen-bond acceptors (Lipinski definition) is 3. The average Bonchev–Trinajstić information content (AvgIpc) is 3.41. The van der Waals surface area contributed by atoms with Gasteiger partial charge in [0.2, 0.25) is 0 Å². The van der Waals surface area contributed by atoms with Gasteiger partial charge < -0.3 is 4.98 Å². The molecule has 0 aliphatic carbocycles. The number of nitrogens with one attached hydrogen (secondary N) is 2. The summed E-state index contributed by atoms with van der Waals surface area (Å²) >= 11 is 0. The Morgan fingerprint density at radius 1 is 1.12 bits per heavy atom. The van der Waals surface area contributed by atoms with Crippen LogP contribution in [0.15, 0.2) is 85.0 Å². The Morgan fingerprint density at radius 2 is 1.91 bits per heavy atom. The minimum Gasteiger partial charge on any atom is -0.357 e. The van der Waals surface area contributed by atoms with Crippen molar-refractivity contribution in [2.75, 3.05) is 0 Å². The molecular formula is C27H24FN5. The molecule has 0 unspecified atom stereocenters. The molecule has 5 nitrogen and oxygen atoms in total. The van der Waals surface area contributed by atoms with Crippen molar-refractivity contribution in [1.29, 1.82) is 0 Å². The zero-order chi connectivity index (χ0) is 23.4. The van der Waals surface area contributed by atoms with Gasteiger partial charge in [-0.3, -0.25) is 15.1 Å². The SMILES string of the molecule is C=CC=N/C(=C\C)c1cc2c(-c3cc(/C(=C\C=C)c4ccc(F)cc4)c(C)[nH]3)n[nH]c2cn1. The van der Waals surface area contributed by atoms with Crippen LogP contribution >= 0.6 is 0 Å². The van der Waals surface area contributed by atoms with Gasteiger partial charge in [0.15, 0.2) is 0 Å². The van der Waals surface area contributed by atoms with E-state index in [4.69, 9.17) is 0 Å². The molecule has 0 aliphatic rings. The lowest BCUT2D eigenvalue weighted by Crippen LogP contribution is -1.89. The first-order valence-electron chi connectivity index (χ1n) is 10.5. The molecule has 33 heavy (non-hydrogen) atoms. The highest BCUT2D eigenvalue weighted by Crippen LogP contribution is 2.33. The van der Waals surface area contributed by atoms with Gasteiger partial charge in [-0.25, -0.2) is 4.39 Å². The van der Waals surface area contributed by atoms with Crippen LogP contribution < -0.4 is 0 Å². The first kappa shape index (κ1) is 21.9. The van der Waals surface area contributed by atoms with Gasteiger partial charge in [-0.15, -0.1) is 0 Å². The molecular weight excluding hydrogens is 413 g/mol. The topological polar surface area (TPSA) is 69.7 Å². The molecule has 1 aromatic carbocycles. The fourth-order valence-corrected chi connectivity index (χ4v) is 3.74. The summed E-state index contributed by atoms with van der Waals surface area (Å²) in [6.07, 6.45) is 10.6. The Hall–Kier alpha value is -4.32. The first-order chi connectivity index (χ1) is 16.0. The number of hydrogen-bond donors (Lipinski definition) is 2. The summed E-state index contributed by atoms with van der Waals surface area (Å²) in [5.41, 5.74) is 7.77. The van der Waals surface area contributed by atoms with Crippen LogP contribution in [-0.2, 0) is 0 Å². The van der Waals surface area contributed by atoms with Crippen LogP contribution in [0.5, 0.6) is 0 Å². The largest absolute Gasteiger partial charge is 0.357 e. The minimum absolute atomic E-state index is 0.270. The molecule has 3 aromatic heterocycles. The molecule has 0 bridgehead atoms. The maximum atomic E-state index is 13.5. The summed E-state index contributed by atoms with van der Waals surface area (Å²) in [5.74, 6) is -0.270. The molecule has 6 heteroatoms. The van der Waals surface area contributed by atoms with Gasteiger partial charge in [0.05, 0.1) is 28.8 Å². The number of aromatic nitrogens is 4. The van der Waals surface area contributed by atoms with E-state index in [1.807, 2.05) is 32.1 Å². The highest BCUT2D eigenvalue weighted by Gasteiger charge is 2.17. The van der Waals surface area contributed by atoms with Gasteiger partial charge in [0.25, 0.3) is 0 Å². The summed E-state index contributed by atoms with van der Waals surface area (Å²) in [6, 6.07) is 10.5. The Balaban J connectivity index is 1.80. The summed E-state index contributed by atoms with van der Waals surface area (Å²) in [6.45, 7) is 11.4. The van der Waals surface area contributed by atoms with Crippen molar-refractivity contribution in [3.63, 3.8) is 0 Å². The molecule has 0 saturated heterocycles. The Kier molecular flexibility index (Phi) is 6.26. The number of allylic oxidation sites excluding steroid dienone is 4. The van der Waals surface area contributed by atoms with Crippen molar-refractivity contribution in [2.24, 2.45) is 4.99 Å². The van der Waals surface area contributed by atoms with Crippen LogP contribution in [0.2, 0.25) is 0 Å². The molecule has 0 atom stereocenters. The van der Waals surface area contributed by atoms with E-state index in [0.717, 1.165) is 56.1 Å². The molecule has 0 spiro atoms. The van der Waals surface area contributed by atoms with Gasteiger partial charge in [-0.05, 0) is 49.2 Å². The normalized spacial score (nSPS) is 12.6. The predicted molar refractivity (Wildman–Crippen MR) is 134 cm³/mol. The summed E-state index contributed by atoms with van der Waals surface area (Å²) in [5, 5.41) is 8.52. The highest BCUT2D eigenvalue weighted by atomic mass is 19.1. The Labute approximate surface area is 191 Å². The van der Waals surface area contributed by atoms with Crippen LogP contribution in [0.3, 0.4) is 0 Å². The molecule has 4 rings (SSSR count). The fourth-order valence-electron chi connectivity index (χ4n) is 3.74. The highest BCUT2D eigenvalue weighted by molar-refractivity contribution is 5.95. The second-order valence-electron chi connectivity index (χ2n) is 7.42.